The van der Waals surface area contributed by atoms with Crippen LogP contribution in [0, 0.1) is 0 Å². The monoisotopic (exact) mass is 240 g/mol. The number of carbonyl (C=O) groups is 1. The molecule has 0 radical (unpaired) electrons. The Hall–Kier alpha value is -0.770. The SMILES string of the molecule is O=C(CO)OC[C@@H](O)[C@@H](O)[C@H](O)[C@H](O)CO. The predicted molar refractivity (Wildman–Crippen MR) is 49.2 cm³/mol. The minimum Gasteiger partial charge on any atom is -0.461 e. The van der Waals surface area contributed by atoms with Crippen LogP contribution in [-0.2, 0) is 9.53 Å². The third-order valence-electron chi connectivity index (χ3n) is 1.87. The highest BCUT2D eigenvalue weighted by molar-refractivity contribution is 5.70. The molecule has 0 aromatic carbocycles. The summed E-state index contributed by atoms with van der Waals surface area (Å²) >= 11 is 0. The second-order valence-corrected chi connectivity index (χ2v) is 3.14. The van der Waals surface area contributed by atoms with Crippen molar-refractivity contribution in [3.8, 4) is 0 Å². The van der Waals surface area contributed by atoms with E-state index in [4.69, 9.17) is 20.4 Å². The molecule has 0 rings (SSSR count). The van der Waals surface area contributed by atoms with Gasteiger partial charge in [0.05, 0.1) is 6.61 Å². The van der Waals surface area contributed by atoms with Crippen LogP contribution in [0.4, 0.5) is 0 Å². The summed E-state index contributed by atoms with van der Waals surface area (Å²) in [6, 6.07) is 0. The van der Waals surface area contributed by atoms with Crippen LogP contribution in [0.5, 0.6) is 0 Å². The molecule has 4 atom stereocenters. The van der Waals surface area contributed by atoms with Gasteiger partial charge in [-0.05, 0) is 0 Å². The van der Waals surface area contributed by atoms with E-state index in [0.717, 1.165) is 0 Å². The quantitative estimate of drug-likeness (QED) is 0.246. The van der Waals surface area contributed by atoms with Crippen molar-refractivity contribution in [2.24, 2.45) is 0 Å². The van der Waals surface area contributed by atoms with E-state index in [-0.39, 0.29) is 0 Å². The van der Waals surface area contributed by atoms with Gasteiger partial charge in [-0.15, -0.1) is 0 Å². The number of aliphatic hydroxyl groups excluding tert-OH is 6. The van der Waals surface area contributed by atoms with Crippen molar-refractivity contribution in [3.05, 3.63) is 0 Å². The lowest BCUT2D eigenvalue weighted by Gasteiger charge is -2.25. The van der Waals surface area contributed by atoms with Crippen LogP contribution in [0.2, 0.25) is 0 Å². The van der Waals surface area contributed by atoms with Gasteiger partial charge < -0.3 is 35.4 Å². The van der Waals surface area contributed by atoms with Crippen molar-refractivity contribution < 1.29 is 40.2 Å². The average Bonchev–Trinajstić information content (AvgIpc) is 2.32. The lowest BCUT2D eigenvalue weighted by molar-refractivity contribution is -0.158. The van der Waals surface area contributed by atoms with Gasteiger partial charge in [0, 0.05) is 0 Å². The Balaban J connectivity index is 4.06. The first-order chi connectivity index (χ1) is 7.43. The van der Waals surface area contributed by atoms with E-state index < -0.39 is 50.2 Å². The second-order valence-electron chi connectivity index (χ2n) is 3.14. The highest BCUT2D eigenvalue weighted by Gasteiger charge is 2.30. The van der Waals surface area contributed by atoms with Crippen LogP contribution in [0.15, 0.2) is 0 Å². The fourth-order valence-corrected chi connectivity index (χ4v) is 0.886. The molecule has 0 saturated carbocycles. The molecule has 0 aliphatic rings. The first kappa shape index (κ1) is 15.2. The van der Waals surface area contributed by atoms with Gasteiger partial charge in [0.1, 0.15) is 37.6 Å². The Morgan fingerprint density at radius 2 is 1.50 bits per heavy atom. The van der Waals surface area contributed by atoms with Gasteiger partial charge in [-0.1, -0.05) is 0 Å². The molecule has 0 aliphatic heterocycles. The maximum absolute atomic E-state index is 10.5. The lowest BCUT2D eigenvalue weighted by atomic mass is 10.0. The molecule has 0 saturated heterocycles. The van der Waals surface area contributed by atoms with Crippen LogP contribution in [0.25, 0.3) is 0 Å². The first-order valence-electron chi connectivity index (χ1n) is 4.53. The van der Waals surface area contributed by atoms with Crippen LogP contribution >= 0.6 is 0 Å². The molecular formula is C8H16O8. The molecule has 8 nitrogen and oxygen atoms in total. The normalized spacial score (nSPS) is 18.6. The van der Waals surface area contributed by atoms with Crippen molar-refractivity contribution in [2.75, 3.05) is 19.8 Å². The van der Waals surface area contributed by atoms with Crippen LogP contribution in [0.1, 0.15) is 0 Å². The zero-order valence-electron chi connectivity index (χ0n) is 8.43. The van der Waals surface area contributed by atoms with Crippen LogP contribution < -0.4 is 0 Å². The molecule has 0 heterocycles. The Kier molecular flexibility index (Phi) is 7.13. The average molecular weight is 240 g/mol. The second kappa shape index (κ2) is 7.49. The van der Waals surface area contributed by atoms with Crippen LogP contribution in [0.3, 0.4) is 0 Å². The molecule has 16 heavy (non-hydrogen) atoms. The standard InChI is InChI=1S/C8H16O8/c9-1-4(11)7(14)8(15)5(12)3-16-6(13)2-10/h4-5,7-12,14-15H,1-3H2/t4-,5-,7-,8-/m1/s1. The topological polar surface area (TPSA) is 148 Å². The minimum absolute atomic E-state index is 0.643. The Morgan fingerprint density at radius 1 is 1.00 bits per heavy atom. The number of aliphatic hydroxyl groups is 6. The van der Waals surface area contributed by atoms with E-state index in [1.165, 1.54) is 0 Å². The molecule has 96 valence electrons. The third kappa shape index (κ3) is 4.84. The predicted octanol–water partition coefficient (Wildman–Crippen LogP) is -4.04. The molecule has 0 amide bonds. The summed E-state index contributed by atoms with van der Waals surface area (Å²) in [5.41, 5.74) is 0. The maximum Gasteiger partial charge on any atom is 0.331 e. The van der Waals surface area contributed by atoms with Gasteiger partial charge in [-0.25, -0.2) is 4.79 Å². The Bertz CT molecular complexity index is 208. The number of rotatable bonds is 7. The van der Waals surface area contributed by atoms with Gasteiger partial charge in [-0.2, -0.15) is 0 Å². The molecule has 0 unspecified atom stereocenters. The fourth-order valence-electron chi connectivity index (χ4n) is 0.886. The maximum atomic E-state index is 10.5. The van der Waals surface area contributed by atoms with Crippen molar-refractivity contribution in [2.45, 2.75) is 24.4 Å². The largest absolute Gasteiger partial charge is 0.461 e. The molecule has 0 aromatic heterocycles. The summed E-state index contributed by atoms with van der Waals surface area (Å²) in [6.07, 6.45) is -6.80. The molecule has 6 N–H and O–H groups in total. The molecule has 0 spiro atoms. The zero-order chi connectivity index (χ0) is 12.7. The highest BCUT2D eigenvalue weighted by Crippen LogP contribution is 2.05. The van der Waals surface area contributed by atoms with Crippen molar-refractivity contribution in [1.29, 1.82) is 0 Å². The summed E-state index contributed by atoms with van der Waals surface area (Å²) in [6.45, 7) is -2.30. The number of hydrogen-bond donors (Lipinski definition) is 6. The van der Waals surface area contributed by atoms with Gasteiger partial charge in [0.15, 0.2) is 0 Å². The molecule has 0 aromatic rings. The number of carbonyl (C=O) groups excluding carboxylic acids is 1. The van der Waals surface area contributed by atoms with Crippen molar-refractivity contribution in [3.63, 3.8) is 0 Å². The van der Waals surface area contributed by atoms with Crippen LogP contribution in [-0.4, -0.2) is 80.8 Å². The molecule has 0 fully saturated rings. The lowest BCUT2D eigenvalue weighted by Crippen LogP contribution is -2.47. The van der Waals surface area contributed by atoms with E-state index >= 15 is 0 Å². The van der Waals surface area contributed by atoms with E-state index in [0.29, 0.717) is 0 Å². The van der Waals surface area contributed by atoms with Crippen molar-refractivity contribution in [1.82, 2.24) is 0 Å². The third-order valence-corrected chi connectivity index (χ3v) is 1.87. The van der Waals surface area contributed by atoms with Gasteiger partial charge >= 0.3 is 5.97 Å². The van der Waals surface area contributed by atoms with E-state index in [1.807, 2.05) is 0 Å². The molecular weight excluding hydrogens is 224 g/mol. The number of hydrogen-bond acceptors (Lipinski definition) is 8. The summed E-state index contributed by atoms with van der Waals surface area (Å²) in [7, 11) is 0. The summed E-state index contributed by atoms with van der Waals surface area (Å²) in [5.74, 6) is -0.997. The summed E-state index contributed by atoms with van der Waals surface area (Å²) < 4.78 is 4.28. The van der Waals surface area contributed by atoms with E-state index in [1.54, 1.807) is 0 Å². The number of esters is 1. The van der Waals surface area contributed by atoms with Gasteiger partial charge in [0.2, 0.25) is 0 Å². The fraction of sp³-hybridized carbons (Fsp3) is 0.875. The molecule has 0 aliphatic carbocycles. The van der Waals surface area contributed by atoms with E-state index in [9.17, 15) is 15.0 Å². The summed E-state index contributed by atoms with van der Waals surface area (Å²) in [5, 5.41) is 53.3. The molecule has 0 bridgehead atoms. The minimum atomic E-state index is -1.78. The Morgan fingerprint density at radius 3 is 1.94 bits per heavy atom. The number of ether oxygens (including phenoxy) is 1. The van der Waals surface area contributed by atoms with E-state index in [2.05, 4.69) is 4.74 Å². The Labute approximate surface area is 91.3 Å². The van der Waals surface area contributed by atoms with Gasteiger partial charge in [0.25, 0.3) is 0 Å². The van der Waals surface area contributed by atoms with Crippen molar-refractivity contribution >= 4 is 5.97 Å². The zero-order valence-corrected chi connectivity index (χ0v) is 8.43. The highest BCUT2D eigenvalue weighted by atomic mass is 16.6. The van der Waals surface area contributed by atoms with Gasteiger partial charge in [-0.3, -0.25) is 0 Å². The smallest absolute Gasteiger partial charge is 0.331 e. The first-order valence-corrected chi connectivity index (χ1v) is 4.53. The molecule has 8 heteroatoms. The summed E-state index contributed by atoms with van der Waals surface area (Å²) in [4.78, 5) is 10.5.